The van der Waals surface area contributed by atoms with Gasteiger partial charge in [0.25, 0.3) is 0 Å². The van der Waals surface area contributed by atoms with Crippen LogP contribution in [0.2, 0.25) is 0 Å². The largest absolute Gasteiger partial charge is 0.433 e. The van der Waals surface area contributed by atoms with Crippen molar-refractivity contribution in [1.29, 1.82) is 0 Å². The molecule has 0 amide bonds. The molecule has 3 heterocycles. The zero-order chi connectivity index (χ0) is 16.4. The van der Waals surface area contributed by atoms with Crippen LogP contribution in [0.1, 0.15) is 31.4 Å². The van der Waals surface area contributed by atoms with Gasteiger partial charge >= 0.3 is 6.18 Å². The van der Waals surface area contributed by atoms with Crippen molar-refractivity contribution in [1.82, 2.24) is 19.9 Å². The number of alkyl halides is 3. The zero-order valence-electron chi connectivity index (χ0n) is 12.6. The number of rotatable bonds is 4. The number of aliphatic hydroxyl groups is 1. The molecule has 1 aliphatic rings. The lowest BCUT2D eigenvalue weighted by atomic mass is 9.97. The van der Waals surface area contributed by atoms with Gasteiger partial charge in [-0.1, -0.05) is 0 Å². The van der Waals surface area contributed by atoms with Crippen LogP contribution in [-0.2, 0) is 12.7 Å². The second-order valence-corrected chi connectivity index (χ2v) is 5.89. The number of hydrogen-bond donors (Lipinski definition) is 2. The fourth-order valence-electron chi connectivity index (χ4n) is 2.97. The van der Waals surface area contributed by atoms with Crippen LogP contribution in [-0.4, -0.2) is 38.3 Å². The normalized spacial score (nSPS) is 22.6. The third-order valence-electron chi connectivity index (χ3n) is 4.22. The summed E-state index contributed by atoms with van der Waals surface area (Å²) < 4.78 is 39.9. The minimum Gasteiger partial charge on any atom is -0.392 e. The Kier molecular flexibility index (Phi) is 4.54. The molecule has 2 atom stereocenters. The molecule has 0 radical (unpaired) electrons. The van der Waals surface area contributed by atoms with E-state index in [-0.39, 0.29) is 17.8 Å². The van der Waals surface area contributed by atoms with E-state index in [1.807, 2.05) is 0 Å². The summed E-state index contributed by atoms with van der Waals surface area (Å²) in [7, 11) is 0. The first-order valence-electron chi connectivity index (χ1n) is 7.75. The van der Waals surface area contributed by atoms with Gasteiger partial charge in [-0.3, -0.25) is 0 Å². The van der Waals surface area contributed by atoms with Gasteiger partial charge in [-0.05, 0) is 44.4 Å². The van der Waals surface area contributed by atoms with E-state index < -0.39 is 11.9 Å². The Hall–Kier alpha value is -1.67. The minimum atomic E-state index is -4.46. The van der Waals surface area contributed by atoms with Crippen molar-refractivity contribution < 1.29 is 18.3 Å². The average molecular weight is 328 g/mol. The lowest BCUT2D eigenvalue weighted by Gasteiger charge is -2.28. The molecule has 0 unspecified atom stereocenters. The highest BCUT2D eigenvalue weighted by molar-refractivity contribution is 5.70. The predicted molar refractivity (Wildman–Crippen MR) is 78.8 cm³/mol. The number of nitrogens with zero attached hydrogens (tertiary/aromatic N) is 3. The van der Waals surface area contributed by atoms with E-state index in [2.05, 4.69) is 15.3 Å². The number of aliphatic hydroxyl groups excluding tert-OH is 1. The van der Waals surface area contributed by atoms with Gasteiger partial charge in [0.15, 0.2) is 5.65 Å². The number of nitrogens with one attached hydrogen (secondary N) is 1. The molecule has 1 aliphatic heterocycles. The Labute approximate surface area is 131 Å². The van der Waals surface area contributed by atoms with Gasteiger partial charge in [0.2, 0.25) is 0 Å². The van der Waals surface area contributed by atoms with Gasteiger partial charge in [-0.2, -0.15) is 13.2 Å². The number of pyridine rings is 1. The SMILES string of the molecule is O[C@H]1CCCN[C@@H]1CCCn1cnc2ccc(C(F)(F)F)nc21. The minimum absolute atomic E-state index is 0.0530. The van der Waals surface area contributed by atoms with Crippen LogP contribution in [0.5, 0.6) is 0 Å². The molecule has 2 aromatic rings. The molecule has 126 valence electrons. The first-order valence-corrected chi connectivity index (χ1v) is 7.75. The maximum atomic E-state index is 12.8. The summed E-state index contributed by atoms with van der Waals surface area (Å²) in [6.45, 7) is 1.42. The van der Waals surface area contributed by atoms with Crippen molar-refractivity contribution in [3.05, 3.63) is 24.2 Å². The molecule has 2 aromatic heterocycles. The van der Waals surface area contributed by atoms with Gasteiger partial charge in [0, 0.05) is 12.6 Å². The van der Waals surface area contributed by atoms with Crippen molar-refractivity contribution in [2.24, 2.45) is 0 Å². The van der Waals surface area contributed by atoms with Gasteiger partial charge in [-0.15, -0.1) is 0 Å². The number of piperidine rings is 1. The molecule has 23 heavy (non-hydrogen) atoms. The molecule has 0 saturated carbocycles. The monoisotopic (exact) mass is 328 g/mol. The first-order chi connectivity index (χ1) is 10.9. The van der Waals surface area contributed by atoms with Crippen LogP contribution in [0.3, 0.4) is 0 Å². The Balaban J connectivity index is 1.68. The molecular weight excluding hydrogens is 309 g/mol. The molecular formula is C15H19F3N4O. The van der Waals surface area contributed by atoms with E-state index in [0.29, 0.717) is 12.1 Å². The van der Waals surface area contributed by atoms with Crippen LogP contribution in [0.4, 0.5) is 13.2 Å². The highest BCUT2D eigenvalue weighted by atomic mass is 19.4. The van der Waals surface area contributed by atoms with Gasteiger partial charge in [-0.25, -0.2) is 9.97 Å². The van der Waals surface area contributed by atoms with Crippen LogP contribution in [0.15, 0.2) is 18.5 Å². The smallest absolute Gasteiger partial charge is 0.392 e. The third kappa shape index (κ3) is 3.64. The maximum absolute atomic E-state index is 12.8. The molecule has 8 heteroatoms. The van der Waals surface area contributed by atoms with Gasteiger partial charge < -0.3 is 15.0 Å². The van der Waals surface area contributed by atoms with Gasteiger partial charge in [0.05, 0.1) is 12.4 Å². The van der Waals surface area contributed by atoms with Crippen molar-refractivity contribution in [2.75, 3.05) is 6.54 Å². The van der Waals surface area contributed by atoms with E-state index in [4.69, 9.17) is 0 Å². The summed E-state index contributed by atoms with van der Waals surface area (Å²) >= 11 is 0. The molecule has 2 N–H and O–H groups in total. The zero-order valence-corrected chi connectivity index (χ0v) is 12.6. The van der Waals surface area contributed by atoms with Crippen molar-refractivity contribution in [3.8, 4) is 0 Å². The van der Waals surface area contributed by atoms with E-state index >= 15 is 0 Å². The predicted octanol–water partition coefficient (Wildman–Crippen LogP) is 2.34. The Morgan fingerprint density at radius 3 is 2.91 bits per heavy atom. The Bertz CT molecular complexity index is 670. The Morgan fingerprint density at radius 1 is 1.35 bits per heavy atom. The summed E-state index contributed by atoms with van der Waals surface area (Å²) in [5, 5.41) is 13.2. The summed E-state index contributed by atoms with van der Waals surface area (Å²) in [6, 6.07) is 2.34. The van der Waals surface area contributed by atoms with Crippen molar-refractivity contribution in [3.63, 3.8) is 0 Å². The number of fused-ring (bicyclic) bond motifs is 1. The molecule has 1 saturated heterocycles. The summed E-state index contributed by atoms with van der Waals surface area (Å²) in [5.41, 5.74) is -0.207. The topological polar surface area (TPSA) is 63.0 Å². The number of hydrogen-bond acceptors (Lipinski definition) is 4. The molecule has 1 fully saturated rings. The fourth-order valence-corrected chi connectivity index (χ4v) is 2.97. The van der Waals surface area contributed by atoms with Crippen molar-refractivity contribution in [2.45, 2.75) is 50.6 Å². The van der Waals surface area contributed by atoms with Crippen LogP contribution >= 0.6 is 0 Å². The summed E-state index contributed by atoms with van der Waals surface area (Å²) in [4.78, 5) is 7.79. The quantitative estimate of drug-likeness (QED) is 0.904. The van der Waals surface area contributed by atoms with E-state index in [0.717, 1.165) is 38.3 Å². The second-order valence-electron chi connectivity index (χ2n) is 5.89. The van der Waals surface area contributed by atoms with E-state index in [9.17, 15) is 18.3 Å². The van der Waals surface area contributed by atoms with Crippen molar-refractivity contribution >= 4 is 11.2 Å². The average Bonchev–Trinajstić information content (AvgIpc) is 2.91. The number of aryl methyl sites for hydroxylation is 1. The van der Waals surface area contributed by atoms with Crippen LogP contribution < -0.4 is 5.32 Å². The lowest BCUT2D eigenvalue weighted by Crippen LogP contribution is -2.44. The fraction of sp³-hybridized carbons (Fsp3) is 0.600. The first kappa shape index (κ1) is 16.2. The molecule has 0 aromatic carbocycles. The second kappa shape index (κ2) is 6.45. The van der Waals surface area contributed by atoms with Gasteiger partial charge in [0.1, 0.15) is 11.2 Å². The standard InChI is InChI=1S/C15H19F3N4O/c16-15(17,18)13-6-5-11-14(21-13)22(9-20-11)8-2-3-10-12(23)4-1-7-19-10/h5-6,9-10,12,19,23H,1-4,7-8H2/t10-,12+/m1/s1. The molecule has 0 aliphatic carbocycles. The Morgan fingerprint density at radius 2 is 2.17 bits per heavy atom. The van der Waals surface area contributed by atoms with E-state index in [1.165, 1.54) is 12.4 Å². The number of imidazole rings is 1. The summed E-state index contributed by atoms with van der Waals surface area (Å²) in [6.07, 6.45) is -0.0334. The van der Waals surface area contributed by atoms with Crippen LogP contribution in [0, 0.1) is 0 Å². The maximum Gasteiger partial charge on any atom is 0.433 e. The molecule has 5 nitrogen and oxygen atoms in total. The van der Waals surface area contributed by atoms with E-state index in [1.54, 1.807) is 4.57 Å². The lowest BCUT2D eigenvalue weighted by molar-refractivity contribution is -0.141. The number of halogens is 3. The third-order valence-corrected chi connectivity index (χ3v) is 4.22. The number of aromatic nitrogens is 3. The highest BCUT2D eigenvalue weighted by Gasteiger charge is 2.33. The molecule has 0 spiro atoms. The van der Waals surface area contributed by atoms with Crippen LogP contribution in [0.25, 0.3) is 11.2 Å². The highest BCUT2D eigenvalue weighted by Crippen LogP contribution is 2.28. The summed E-state index contributed by atoms with van der Waals surface area (Å²) in [5.74, 6) is 0. The molecule has 0 bridgehead atoms. The molecule has 3 rings (SSSR count).